The molecule has 2 aromatic rings. The van der Waals surface area contributed by atoms with Gasteiger partial charge in [0.05, 0.1) is 18.6 Å². The lowest BCUT2D eigenvalue weighted by Gasteiger charge is -2.36. The average molecular weight is 417 g/mol. The van der Waals surface area contributed by atoms with Crippen molar-refractivity contribution in [2.24, 2.45) is 0 Å². The molecule has 5 nitrogen and oxygen atoms in total. The summed E-state index contributed by atoms with van der Waals surface area (Å²) in [7, 11) is 1.64. The number of Topliss-reactive ketones (excluding diaryl/α,β-unsaturated/α-hetero) is 1. The fourth-order valence-electron chi connectivity index (χ4n) is 3.29. The smallest absolute Gasteiger partial charge is 0.232 e. The molecular formula is C22H25FN2O3S. The van der Waals surface area contributed by atoms with Crippen LogP contribution in [0.2, 0.25) is 0 Å². The van der Waals surface area contributed by atoms with Gasteiger partial charge in [0.15, 0.2) is 5.78 Å². The van der Waals surface area contributed by atoms with Gasteiger partial charge in [0.1, 0.15) is 11.6 Å². The first-order valence-corrected chi connectivity index (χ1v) is 10.7. The lowest BCUT2D eigenvalue weighted by Crippen LogP contribution is -2.49. The molecule has 0 radical (unpaired) electrons. The Morgan fingerprint density at radius 3 is 2.52 bits per heavy atom. The number of carbonyl (C=O) groups is 2. The number of ether oxygens (including phenoxy) is 1. The van der Waals surface area contributed by atoms with Crippen LogP contribution in [0.25, 0.3) is 0 Å². The number of ketones is 1. The first kappa shape index (κ1) is 21.2. The topological polar surface area (TPSA) is 49.9 Å². The molecule has 3 rings (SSSR count). The number of carbonyl (C=O) groups excluding carboxylic acids is 2. The third-order valence-electron chi connectivity index (χ3n) is 4.96. The molecule has 1 heterocycles. The highest BCUT2D eigenvalue weighted by Crippen LogP contribution is 2.23. The SMILES string of the molecule is COc1cccc(CSCC(=O)N2CCN(c3ccc(C(C)=O)cc3F)CC2)c1. The van der Waals surface area contributed by atoms with Crippen molar-refractivity contribution < 1.29 is 18.7 Å². The normalized spacial score (nSPS) is 14.0. The van der Waals surface area contributed by atoms with Gasteiger partial charge in [-0.1, -0.05) is 12.1 Å². The highest BCUT2D eigenvalue weighted by Gasteiger charge is 2.23. The molecule has 154 valence electrons. The number of anilines is 1. The molecule has 1 amide bonds. The van der Waals surface area contributed by atoms with E-state index in [9.17, 15) is 14.0 Å². The molecule has 0 aromatic heterocycles. The Bertz CT molecular complexity index is 882. The van der Waals surface area contributed by atoms with Crippen LogP contribution < -0.4 is 9.64 Å². The van der Waals surface area contributed by atoms with Gasteiger partial charge in [0.25, 0.3) is 0 Å². The van der Waals surface area contributed by atoms with Gasteiger partial charge in [-0.05, 0) is 42.8 Å². The molecule has 0 atom stereocenters. The maximum Gasteiger partial charge on any atom is 0.232 e. The summed E-state index contributed by atoms with van der Waals surface area (Å²) in [6.45, 7) is 3.69. The van der Waals surface area contributed by atoms with Gasteiger partial charge in [-0.3, -0.25) is 9.59 Å². The van der Waals surface area contributed by atoms with E-state index in [4.69, 9.17) is 4.74 Å². The van der Waals surface area contributed by atoms with Crippen molar-refractivity contribution in [3.8, 4) is 5.75 Å². The standard InChI is InChI=1S/C22H25FN2O3S/c1-16(26)18-6-7-21(20(23)13-18)24-8-10-25(11-9-24)22(27)15-29-14-17-4-3-5-19(12-17)28-2/h3-7,12-13H,8-11,14-15H2,1-2H3. The maximum atomic E-state index is 14.3. The predicted octanol–water partition coefficient (Wildman–Crippen LogP) is 3.62. The molecule has 0 saturated carbocycles. The minimum atomic E-state index is -0.397. The number of benzene rings is 2. The summed E-state index contributed by atoms with van der Waals surface area (Å²) in [6.07, 6.45) is 0. The summed E-state index contributed by atoms with van der Waals surface area (Å²) in [5, 5.41) is 0. The number of nitrogens with zero attached hydrogens (tertiary/aromatic N) is 2. The number of halogens is 1. The number of hydrogen-bond acceptors (Lipinski definition) is 5. The molecule has 7 heteroatoms. The molecule has 0 spiro atoms. The van der Waals surface area contributed by atoms with Crippen molar-refractivity contribution in [3.05, 3.63) is 59.4 Å². The summed E-state index contributed by atoms with van der Waals surface area (Å²) >= 11 is 1.58. The molecule has 0 unspecified atom stereocenters. The molecule has 2 aromatic carbocycles. The van der Waals surface area contributed by atoms with E-state index in [1.807, 2.05) is 34.1 Å². The van der Waals surface area contributed by atoms with Crippen molar-refractivity contribution in [1.29, 1.82) is 0 Å². The third-order valence-corrected chi connectivity index (χ3v) is 5.94. The van der Waals surface area contributed by atoms with Crippen LogP contribution in [-0.2, 0) is 10.5 Å². The van der Waals surface area contributed by atoms with Crippen molar-refractivity contribution >= 4 is 29.1 Å². The monoisotopic (exact) mass is 416 g/mol. The van der Waals surface area contributed by atoms with Gasteiger partial charge in [-0.15, -0.1) is 11.8 Å². The minimum absolute atomic E-state index is 0.102. The van der Waals surface area contributed by atoms with Crippen LogP contribution in [0.5, 0.6) is 5.75 Å². The first-order chi connectivity index (χ1) is 14.0. The van der Waals surface area contributed by atoms with Gasteiger partial charge in [0, 0.05) is 37.5 Å². The van der Waals surface area contributed by atoms with Gasteiger partial charge in [-0.2, -0.15) is 0 Å². The highest BCUT2D eigenvalue weighted by atomic mass is 32.2. The van der Waals surface area contributed by atoms with Crippen molar-refractivity contribution in [1.82, 2.24) is 4.90 Å². The summed E-state index contributed by atoms with van der Waals surface area (Å²) in [5.74, 6) is 1.53. The Kier molecular flexibility index (Phi) is 7.14. The largest absolute Gasteiger partial charge is 0.497 e. The fraction of sp³-hybridized carbons (Fsp3) is 0.364. The van der Waals surface area contributed by atoms with Crippen LogP contribution in [0.15, 0.2) is 42.5 Å². The Morgan fingerprint density at radius 1 is 1.10 bits per heavy atom. The third kappa shape index (κ3) is 5.50. The molecule has 1 aliphatic rings. The second kappa shape index (κ2) is 9.78. The number of amides is 1. The van der Waals surface area contributed by atoms with E-state index in [-0.39, 0.29) is 11.7 Å². The van der Waals surface area contributed by atoms with Gasteiger partial charge in [0.2, 0.25) is 5.91 Å². The summed E-state index contributed by atoms with van der Waals surface area (Å²) in [5.41, 5.74) is 1.97. The summed E-state index contributed by atoms with van der Waals surface area (Å²) < 4.78 is 19.6. The van der Waals surface area contributed by atoms with Crippen LogP contribution in [0.3, 0.4) is 0 Å². The van der Waals surface area contributed by atoms with Crippen LogP contribution >= 0.6 is 11.8 Å². The molecular weight excluding hydrogens is 391 g/mol. The number of hydrogen-bond donors (Lipinski definition) is 0. The molecule has 0 aliphatic carbocycles. The molecule has 1 saturated heterocycles. The van der Waals surface area contributed by atoms with Gasteiger partial charge >= 0.3 is 0 Å². The van der Waals surface area contributed by atoms with Crippen LogP contribution in [0.1, 0.15) is 22.8 Å². The Morgan fingerprint density at radius 2 is 1.86 bits per heavy atom. The van der Waals surface area contributed by atoms with Crippen LogP contribution in [0, 0.1) is 5.82 Å². The number of rotatable bonds is 7. The quantitative estimate of drug-likeness (QED) is 0.646. The second-order valence-corrected chi connectivity index (χ2v) is 7.92. The predicted molar refractivity (Wildman–Crippen MR) is 114 cm³/mol. The Hall–Kier alpha value is -2.54. The van der Waals surface area contributed by atoms with Gasteiger partial charge in [-0.25, -0.2) is 4.39 Å². The number of piperazine rings is 1. The molecule has 0 bridgehead atoms. The van der Waals surface area contributed by atoms with Gasteiger partial charge < -0.3 is 14.5 Å². The molecule has 0 N–H and O–H groups in total. The zero-order valence-electron chi connectivity index (χ0n) is 16.7. The minimum Gasteiger partial charge on any atom is -0.497 e. The van der Waals surface area contributed by atoms with E-state index >= 15 is 0 Å². The van der Waals surface area contributed by atoms with E-state index in [1.54, 1.807) is 31.0 Å². The fourth-order valence-corrected chi connectivity index (χ4v) is 4.16. The first-order valence-electron chi connectivity index (χ1n) is 9.52. The van der Waals surface area contributed by atoms with E-state index in [2.05, 4.69) is 0 Å². The average Bonchev–Trinajstić information content (AvgIpc) is 2.74. The lowest BCUT2D eigenvalue weighted by molar-refractivity contribution is -0.128. The highest BCUT2D eigenvalue weighted by molar-refractivity contribution is 7.99. The van der Waals surface area contributed by atoms with E-state index < -0.39 is 5.82 Å². The molecule has 1 fully saturated rings. The number of thioether (sulfide) groups is 1. The van der Waals surface area contributed by atoms with Crippen molar-refractivity contribution in [2.75, 3.05) is 43.9 Å². The summed E-state index contributed by atoms with van der Waals surface area (Å²) in [4.78, 5) is 27.6. The Labute approximate surface area is 174 Å². The van der Waals surface area contributed by atoms with E-state index in [0.29, 0.717) is 43.2 Å². The zero-order valence-corrected chi connectivity index (χ0v) is 17.5. The summed E-state index contributed by atoms with van der Waals surface area (Å²) in [6, 6.07) is 12.4. The van der Waals surface area contributed by atoms with E-state index in [0.717, 1.165) is 17.1 Å². The van der Waals surface area contributed by atoms with Crippen molar-refractivity contribution in [2.45, 2.75) is 12.7 Å². The lowest BCUT2D eigenvalue weighted by atomic mass is 10.1. The Balaban J connectivity index is 1.47. The number of methoxy groups -OCH3 is 1. The van der Waals surface area contributed by atoms with Crippen LogP contribution in [0.4, 0.5) is 10.1 Å². The van der Waals surface area contributed by atoms with Crippen molar-refractivity contribution in [3.63, 3.8) is 0 Å². The molecule has 1 aliphatic heterocycles. The van der Waals surface area contributed by atoms with E-state index in [1.165, 1.54) is 13.0 Å². The second-order valence-electron chi connectivity index (χ2n) is 6.93. The maximum absolute atomic E-state index is 14.3. The molecule has 29 heavy (non-hydrogen) atoms. The zero-order chi connectivity index (χ0) is 20.8. The van der Waals surface area contributed by atoms with Crippen LogP contribution in [-0.4, -0.2) is 55.6 Å².